The van der Waals surface area contributed by atoms with E-state index in [1.165, 1.54) is 22.4 Å². The minimum atomic E-state index is -0.0885. The van der Waals surface area contributed by atoms with Crippen molar-refractivity contribution in [3.63, 3.8) is 0 Å². The minimum absolute atomic E-state index is 0.0885. The zero-order valence-electron chi connectivity index (χ0n) is 17.8. The number of nitrogens with zero attached hydrogens (tertiary/aromatic N) is 2. The molecule has 1 saturated heterocycles. The van der Waals surface area contributed by atoms with Gasteiger partial charge in [0.15, 0.2) is 5.16 Å². The standard InChI is InChI=1S/C21H32N4O2S2/c1-4-21(3)13-15-16(14-27-21)29-19-17(15)18(23-20(24-19)28-5-2)22-7-6-8-25-9-11-26-12-10-25/h4-14H2,1-3H3,(H,22,23,24)/p+1/t21-/m1/s1. The largest absolute Gasteiger partial charge is 0.370 e. The van der Waals surface area contributed by atoms with Crippen molar-refractivity contribution in [1.82, 2.24) is 9.97 Å². The van der Waals surface area contributed by atoms with Gasteiger partial charge < -0.3 is 19.7 Å². The Hall–Kier alpha value is -0.930. The minimum Gasteiger partial charge on any atom is -0.370 e. The Labute approximate surface area is 181 Å². The highest BCUT2D eigenvalue weighted by molar-refractivity contribution is 7.99. The highest BCUT2D eigenvalue weighted by Gasteiger charge is 2.33. The molecule has 0 aromatic carbocycles. The summed E-state index contributed by atoms with van der Waals surface area (Å²) in [6.07, 6.45) is 3.09. The van der Waals surface area contributed by atoms with Gasteiger partial charge in [-0.1, -0.05) is 25.6 Å². The van der Waals surface area contributed by atoms with Crippen LogP contribution in [0.25, 0.3) is 10.2 Å². The molecule has 2 aromatic heterocycles. The first-order chi connectivity index (χ1) is 14.1. The molecule has 0 amide bonds. The van der Waals surface area contributed by atoms with Crippen LogP contribution in [0.5, 0.6) is 0 Å². The lowest BCUT2D eigenvalue weighted by molar-refractivity contribution is -0.908. The van der Waals surface area contributed by atoms with E-state index in [9.17, 15) is 0 Å². The first-order valence-electron chi connectivity index (χ1n) is 10.9. The van der Waals surface area contributed by atoms with Crippen LogP contribution in [-0.2, 0) is 22.5 Å². The van der Waals surface area contributed by atoms with E-state index < -0.39 is 0 Å². The molecule has 2 aromatic rings. The number of thioether (sulfide) groups is 1. The quantitative estimate of drug-likeness (QED) is 0.376. The molecule has 29 heavy (non-hydrogen) atoms. The summed E-state index contributed by atoms with van der Waals surface area (Å²) in [5, 5.41) is 5.77. The molecule has 2 aliphatic rings. The van der Waals surface area contributed by atoms with E-state index >= 15 is 0 Å². The van der Waals surface area contributed by atoms with Gasteiger partial charge in [-0.2, -0.15) is 0 Å². The molecule has 8 heteroatoms. The fraction of sp³-hybridized carbons (Fsp3) is 0.714. The van der Waals surface area contributed by atoms with E-state index in [0.29, 0.717) is 6.61 Å². The number of thiophene rings is 1. The van der Waals surface area contributed by atoms with Crippen molar-refractivity contribution in [2.24, 2.45) is 0 Å². The Bertz CT molecular complexity index is 838. The third-order valence-electron chi connectivity index (χ3n) is 6.04. The Kier molecular flexibility index (Phi) is 6.96. The Morgan fingerprint density at radius 3 is 2.83 bits per heavy atom. The molecule has 4 heterocycles. The Morgan fingerprint density at radius 1 is 1.24 bits per heavy atom. The number of morpholine rings is 1. The van der Waals surface area contributed by atoms with E-state index in [0.717, 1.165) is 73.7 Å². The van der Waals surface area contributed by atoms with Crippen LogP contribution >= 0.6 is 23.1 Å². The number of rotatable bonds is 8. The van der Waals surface area contributed by atoms with Crippen LogP contribution in [-0.4, -0.2) is 60.7 Å². The van der Waals surface area contributed by atoms with E-state index in [1.807, 2.05) is 0 Å². The number of quaternary nitrogens is 1. The molecule has 1 fully saturated rings. The molecule has 0 spiro atoms. The smallest absolute Gasteiger partial charge is 0.190 e. The molecule has 0 unspecified atom stereocenters. The number of hydrogen-bond acceptors (Lipinski definition) is 7. The van der Waals surface area contributed by atoms with Gasteiger partial charge in [0.2, 0.25) is 0 Å². The SMILES string of the molecule is CCSc1nc(NCCC[NH+]2CCOCC2)c2c3c(sc2n1)CO[C@](C)(CC)C3. The van der Waals surface area contributed by atoms with Gasteiger partial charge in [0.1, 0.15) is 23.7 Å². The van der Waals surface area contributed by atoms with Gasteiger partial charge >= 0.3 is 0 Å². The maximum atomic E-state index is 6.18. The lowest BCUT2D eigenvalue weighted by Crippen LogP contribution is -3.14. The van der Waals surface area contributed by atoms with Crippen LogP contribution < -0.4 is 10.2 Å². The van der Waals surface area contributed by atoms with Crippen molar-refractivity contribution < 1.29 is 14.4 Å². The van der Waals surface area contributed by atoms with Gasteiger partial charge in [0.05, 0.1) is 37.4 Å². The Balaban J connectivity index is 1.54. The summed E-state index contributed by atoms with van der Waals surface area (Å²) in [4.78, 5) is 13.8. The summed E-state index contributed by atoms with van der Waals surface area (Å²) in [6, 6.07) is 0. The van der Waals surface area contributed by atoms with Crippen molar-refractivity contribution in [1.29, 1.82) is 0 Å². The van der Waals surface area contributed by atoms with Crippen molar-refractivity contribution in [3.8, 4) is 0 Å². The zero-order chi connectivity index (χ0) is 20.3. The molecule has 4 rings (SSSR count). The van der Waals surface area contributed by atoms with Gasteiger partial charge in [0.25, 0.3) is 0 Å². The number of ether oxygens (including phenoxy) is 2. The molecule has 160 valence electrons. The normalized spacial score (nSPS) is 22.7. The van der Waals surface area contributed by atoms with Crippen LogP contribution in [0.15, 0.2) is 5.16 Å². The zero-order valence-corrected chi connectivity index (χ0v) is 19.4. The number of aromatic nitrogens is 2. The predicted molar refractivity (Wildman–Crippen MR) is 120 cm³/mol. The summed E-state index contributed by atoms with van der Waals surface area (Å²) < 4.78 is 11.6. The van der Waals surface area contributed by atoms with Crippen molar-refractivity contribution in [2.75, 3.05) is 50.5 Å². The van der Waals surface area contributed by atoms with Crippen LogP contribution in [0.3, 0.4) is 0 Å². The van der Waals surface area contributed by atoms with Crippen LogP contribution in [0.1, 0.15) is 44.1 Å². The number of hydrogen-bond donors (Lipinski definition) is 2. The second kappa shape index (κ2) is 9.47. The fourth-order valence-electron chi connectivity index (χ4n) is 4.06. The van der Waals surface area contributed by atoms with E-state index in [1.54, 1.807) is 28.0 Å². The summed E-state index contributed by atoms with van der Waals surface area (Å²) in [7, 11) is 0. The molecular formula is C21H33N4O2S2+. The summed E-state index contributed by atoms with van der Waals surface area (Å²) in [6.45, 7) is 13.4. The maximum absolute atomic E-state index is 6.18. The second-order valence-electron chi connectivity index (χ2n) is 8.13. The first-order valence-corrected chi connectivity index (χ1v) is 12.7. The molecule has 6 nitrogen and oxygen atoms in total. The van der Waals surface area contributed by atoms with Gasteiger partial charge in [-0.25, -0.2) is 9.97 Å². The number of anilines is 1. The van der Waals surface area contributed by atoms with E-state index in [2.05, 4.69) is 26.1 Å². The van der Waals surface area contributed by atoms with Crippen LogP contribution in [0.2, 0.25) is 0 Å². The molecule has 0 saturated carbocycles. The van der Waals surface area contributed by atoms with Crippen molar-refractivity contribution in [3.05, 3.63) is 10.4 Å². The van der Waals surface area contributed by atoms with Crippen molar-refractivity contribution in [2.45, 2.75) is 57.4 Å². The molecule has 1 atom stereocenters. The van der Waals surface area contributed by atoms with E-state index in [-0.39, 0.29) is 5.60 Å². The summed E-state index contributed by atoms with van der Waals surface area (Å²) in [5.74, 6) is 1.99. The van der Waals surface area contributed by atoms with Crippen molar-refractivity contribution >= 4 is 39.1 Å². The highest BCUT2D eigenvalue weighted by atomic mass is 32.2. The predicted octanol–water partition coefficient (Wildman–Crippen LogP) is 2.76. The number of nitrogens with one attached hydrogen (secondary N) is 2. The average molecular weight is 438 g/mol. The molecule has 2 N–H and O–H groups in total. The van der Waals surface area contributed by atoms with Gasteiger partial charge in [-0.3, -0.25) is 0 Å². The molecule has 2 aliphatic heterocycles. The first kappa shape index (κ1) is 21.3. The van der Waals surface area contributed by atoms with E-state index in [4.69, 9.17) is 19.4 Å². The lowest BCUT2D eigenvalue weighted by Gasteiger charge is -2.33. The highest BCUT2D eigenvalue weighted by Crippen LogP contribution is 2.42. The molecule has 0 bridgehead atoms. The van der Waals surface area contributed by atoms with Gasteiger partial charge in [0, 0.05) is 24.3 Å². The Morgan fingerprint density at radius 2 is 2.07 bits per heavy atom. The van der Waals surface area contributed by atoms with Gasteiger partial charge in [-0.05, 0) is 24.7 Å². The van der Waals surface area contributed by atoms with Crippen LogP contribution in [0.4, 0.5) is 5.82 Å². The lowest BCUT2D eigenvalue weighted by atomic mass is 9.90. The third kappa shape index (κ3) is 4.88. The maximum Gasteiger partial charge on any atom is 0.190 e. The second-order valence-corrected chi connectivity index (χ2v) is 10.4. The topological polar surface area (TPSA) is 60.7 Å². The molecule has 0 radical (unpaired) electrons. The van der Waals surface area contributed by atoms with Gasteiger partial charge in [-0.15, -0.1) is 11.3 Å². The molecular weight excluding hydrogens is 404 g/mol. The fourth-order valence-corrected chi connectivity index (χ4v) is 5.79. The average Bonchev–Trinajstić information content (AvgIpc) is 3.09. The van der Waals surface area contributed by atoms with Crippen LogP contribution in [0, 0.1) is 0 Å². The number of fused-ring (bicyclic) bond motifs is 3. The molecule has 0 aliphatic carbocycles. The summed E-state index contributed by atoms with van der Waals surface area (Å²) in [5.41, 5.74) is 1.31. The third-order valence-corrected chi connectivity index (χ3v) is 7.87. The monoisotopic (exact) mass is 437 g/mol. The summed E-state index contributed by atoms with van der Waals surface area (Å²) >= 11 is 3.49.